The first-order valence-electron chi connectivity index (χ1n) is 10.4. The predicted octanol–water partition coefficient (Wildman–Crippen LogP) is 3.59. The summed E-state index contributed by atoms with van der Waals surface area (Å²) in [5, 5.41) is 11.6. The topological polar surface area (TPSA) is 78.3 Å². The van der Waals surface area contributed by atoms with Crippen LogP contribution >= 0.6 is 0 Å². The molecule has 1 N–H and O–H groups in total. The van der Waals surface area contributed by atoms with Gasteiger partial charge >= 0.3 is 0 Å². The second-order valence-electron chi connectivity index (χ2n) is 7.67. The Hall–Kier alpha value is -3.35. The summed E-state index contributed by atoms with van der Waals surface area (Å²) in [6, 6.07) is 13.4. The number of hydrogen-bond donors (Lipinski definition) is 1. The molecule has 0 fully saturated rings. The normalized spacial score (nSPS) is 17.3. The molecule has 0 bridgehead atoms. The molecule has 2 aliphatic heterocycles. The van der Waals surface area contributed by atoms with Gasteiger partial charge in [0, 0.05) is 36.6 Å². The fourth-order valence-corrected chi connectivity index (χ4v) is 4.14. The second-order valence-corrected chi connectivity index (χ2v) is 7.67. The molecule has 3 heterocycles. The predicted molar refractivity (Wildman–Crippen MR) is 112 cm³/mol. The number of hydrogen-bond acceptors (Lipinski definition) is 5. The van der Waals surface area contributed by atoms with Crippen LogP contribution in [0.15, 0.2) is 42.5 Å². The molecule has 2 aliphatic rings. The van der Waals surface area contributed by atoms with Crippen LogP contribution in [-0.2, 0) is 19.4 Å². The van der Waals surface area contributed by atoms with Crippen molar-refractivity contribution in [1.29, 1.82) is 0 Å². The van der Waals surface area contributed by atoms with E-state index in [4.69, 9.17) is 9.47 Å². The van der Waals surface area contributed by atoms with Crippen LogP contribution in [0.25, 0.3) is 0 Å². The Labute approximate surface area is 175 Å². The van der Waals surface area contributed by atoms with Gasteiger partial charge in [-0.25, -0.2) is 0 Å². The van der Waals surface area contributed by atoms with Crippen LogP contribution in [-0.4, -0.2) is 33.9 Å². The minimum Gasteiger partial charge on any atom is -0.486 e. The van der Waals surface area contributed by atoms with Crippen LogP contribution in [0, 0.1) is 0 Å². The van der Waals surface area contributed by atoms with E-state index in [9.17, 15) is 4.79 Å². The van der Waals surface area contributed by atoms with E-state index in [1.54, 1.807) is 18.2 Å². The van der Waals surface area contributed by atoms with E-state index in [-0.39, 0.29) is 5.91 Å². The van der Waals surface area contributed by atoms with Crippen LogP contribution in [0.3, 0.4) is 0 Å². The Morgan fingerprint density at radius 1 is 1.10 bits per heavy atom. The van der Waals surface area contributed by atoms with Crippen molar-refractivity contribution >= 4 is 11.6 Å². The van der Waals surface area contributed by atoms with E-state index in [0.717, 1.165) is 43.1 Å². The zero-order chi connectivity index (χ0) is 20.5. The molecule has 1 atom stereocenters. The van der Waals surface area contributed by atoms with E-state index >= 15 is 0 Å². The van der Waals surface area contributed by atoms with E-state index in [0.29, 0.717) is 36.2 Å². The number of anilines is 1. The minimum atomic E-state index is -0.167. The van der Waals surface area contributed by atoms with Gasteiger partial charge in [-0.1, -0.05) is 19.1 Å². The molecular formula is C23H24N4O3. The molecule has 154 valence electrons. The number of carbonyl (C=O) groups is 1. The van der Waals surface area contributed by atoms with Gasteiger partial charge < -0.3 is 19.4 Å². The molecule has 0 unspecified atom stereocenters. The van der Waals surface area contributed by atoms with Gasteiger partial charge in [-0.3, -0.25) is 4.79 Å². The highest BCUT2D eigenvalue weighted by molar-refractivity contribution is 6.04. The lowest BCUT2D eigenvalue weighted by molar-refractivity contribution is 0.102. The standard InChI is InChI=1S/C23H24N4O3/c1-2-21-25-26-22-10-6-17(14-27(21)22)15-3-7-18(8-4-15)24-23(28)16-5-9-19-20(13-16)30-12-11-29-19/h3-5,7-9,13,17H,2,6,10-12,14H2,1H3,(H,24,28)/t17-/m0/s1. The highest BCUT2D eigenvalue weighted by atomic mass is 16.6. The summed E-state index contributed by atoms with van der Waals surface area (Å²) >= 11 is 0. The fourth-order valence-electron chi connectivity index (χ4n) is 4.14. The van der Waals surface area contributed by atoms with E-state index in [2.05, 4.69) is 39.1 Å². The molecule has 30 heavy (non-hydrogen) atoms. The first kappa shape index (κ1) is 18.7. The first-order valence-corrected chi connectivity index (χ1v) is 10.4. The van der Waals surface area contributed by atoms with E-state index in [1.165, 1.54) is 5.56 Å². The van der Waals surface area contributed by atoms with Crippen molar-refractivity contribution in [1.82, 2.24) is 14.8 Å². The molecule has 3 aromatic rings. The average molecular weight is 404 g/mol. The summed E-state index contributed by atoms with van der Waals surface area (Å²) in [6.45, 7) is 4.05. The maximum Gasteiger partial charge on any atom is 0.255 e. The molecule has 1 aromatic heterocycles. The summed E-state index contributed by atoms with van der Waals surface area (Å²) in [7, 11) is 0. The first-order chi connectivity index (χ1) is 14.7. The van der Waals surface area contributed by atoms with Crippen molar-refractivity contribution in [2.45, 2.75) is 38.6 Å². The number of benzene rings is 2. The number of amides is 1. The molecule has 2 aromatic carbocycles. The summed E-state index contributed by atoms with van der Waals surface area (Å²) in [4.78, 5) is 12.6. The zero-order valence-corrected chi connectivity index (χ0v) is 16.9. The van der Waals surface area contributed by atoms with Crippen LogP contribution in [0.1, 0.15) is 46.8 Å². The summed E-state index contributed by atoms with van der Waals surface area (Å²) < 4.78 is 13.3. The Balaban J connectivity index is 1.27. The average Bonchev–Trinajstić information content (AvgIpc) is 3.21. The third-order valence-electron chi connectivity index (χ3n) is 5.78. The number of aryl methyl sites for hydroxylation is 2. The minimum absolute atomic E-state index is 0.167. The number of nitrogens with zero attached hydrogens (tertiary/aromatic N) is 3. The van der Waals surface area contributed by atoms with Gasteiger partial charge in [0.25, 0.3) is 5.91 Å². The van der Waals surface area contributed by atoms with Gasteiger partial charge in [-0.05, 0) is 42.3 Å². The Bertz CT molecular complexity index is 1060. The van der Waals surface area contributed by atoms with Crippen LogP contribution < -0.4 is 14.8 Å². The lowest BCUT2D eigenvalue weighted by Crippen LogP contribution is -2.20. The molecule has 0 saturated carbocycles. The van der Waals surface area contributed by atoms with Gasteiger partial charge in [0.2, 0.25) is 0 Å². The van der Waals surface area contributed by atoms with Gasteiger partial charge in [-0.2, -0.15) is 0 Å². The summed E-state index contributed by atoms with van der Waals surface area (Å²) in [6.07, 6.45) is 2.90. The Kier molecular flexibility index (Phi) is 4.86. The highest BCUT2D eigenvalue weighted by Crippen LogP contribution is 2.32. The summed E-state index contributed by atoms with van der Waals surface area (Å²) in [5.41, 5.74) is 2.59. The molecule has 7 heteroatoms. The lowest BCUT2D eigenvalue weighted by atomic mass is 9.91. The second kappa shape index (κ2) is 7.82. The third kappa shape index (κ3) is 3.51. The van der Waals surface area contributed by atoms with Crippen LogP contribution in [0.4, 0.5) is 5.69 Å². The fraction of sp³-hybridized carbons (Fsp3) is 0.348. The SMILES string of the molecule is CCc1nnc2n1C[C@@H](c1ccc(NC(=O)c3ccc4c(c3)OCCO4)cc1)CC2. The third-order valence-corrected chi connectivity index (χ3v) is 5.78. The largest absolute Gasteiger partial charge is 0.486 e. The number of fused-ring (bicyclic) bond motifs is 2. The molecular weight excluding hydrogens is 380 g/mol. The molecule has 0 radical (unpaired) electrons. The van der Waals surface area contributed by atoms with E-state index in [1.807, 2.05) is 12.1 Å². The van der Waals surface area contributed by atoms with E-state index < -0.39 is 0 Å². The van der Waals surface area contributed by atoms with Gasteiger partial charge in [-0.15, -0.1) is 10.2 Å². The van der Waals surface area contributed by atoms with Gasteiger partial charge in [0.1, 0.15) is 24.9 Å². The maximum absolute atomic E-state index is 12.6. The molecule has 7 nitrogen and oxygen atoms in total. The lowest BCUT2D eigenvalue weighted by Gasteiger charge is -2.24. The number of rotatable bonds is 4. The molecule has 5 rings (SSSR count). The number of ether oxygens (including phenoxy) is 2. The number of nitrogens with one attached hydrogen (secondary N) is 1. The van der Waals surface area contributed by atoms with Gasteiger partial charge in [0.15, 0.2) is 11.5 Å². The summed E-state index contributed by atoms with van der Waals surface area (Å²) in [5.74, 6) is 3.70. The molecule has 0 aliphatic carbocycles. The Morgan fingerprint density at radius 3 is 2.70 bits per heavy atom. The monoisotopic (exact) mass is 404 g/mol. The van der Waals surface area contributed by atoms with Crippen molar-refractivity contribution in [2.24, 2.45) is 0 Å². The van der Waals surface area contributed by atoms with Crippen molar-refractivity contribution in [3.8, 4) is 11.5 Å². The molecule has 0 saturated heterocycles. The van der Waals surface area contributed by atoms with Crippen LogP contribution in [0.2, 0.25) is 0 Å². The Morgan fingerprint density at radius 2 is 1.90 bits per heavy atom. The maximum atomic E-state index is 12.6. The van der Waals surface area contributed by atoms with Crippen molar-refractivity contribution in [3.63, 3.8) is 0 Å². The smallest absolute Gasteiger partial charge is 0.255 e. The number of carbonyl (C=O) groups excluding carboxylic acids is 1. The van der Waals surface area contributed by atoms with Crippen molar-refractivity contribution < 1.29 is 14.3 Å². The zero-order valence-electron chi connectivity index (χ0n) is 16.9. The molecule has 0 spiro atoms. The van der Waals surface area contributed by atoms with Gasteiger partial charge in [0.05, 0.1) is 0 Å². The van der Waals surface area contributed by atoms with Crippen molar-refractivity contribution in [2.75, 3.05) is 18.5 Å². The quantitative estimate of drug-likeness (QED) is 0.719. The molecule has 1 amide bonds. The van der Waals surface area contributed by atoms with Crippen molar-refractivity contribution in [3.05, 3.63) is 65.2 Å². The number of aromatic nitrogens is 3. The van der Waals surface area contributed by atoms with Crippen LogP contribution in [0.5, 0.6) is 11.5 Å². The highest BCUT2D eigenvalue weighted by Gasteiger charge is 2.23.